The SMILES string of the molecule is Cc1ncc(CN2C(=O)C3CCCCN3S2(=O)=O)o1. The van der Waals surface area contributed by atoms with E-state index in [2.05, 4.69) is 4.98 Å². The second-order valence-electron chi connectivity index (χ2n) is 4.82. The number of aromatic nitrogens is 1. The van der Waals surface area contributed by atoms with Gasteiger partial charge in [-0.25, -0.2) is 9.29 Å². The average Bonchev–Trinajstić information content (AvgIpc) is 2.87. The Morgan fingerprint density at radius 3 is 2.89 bits per heavy atom. The summed E-state index contributed by atoms with van der Waals surface area (Å²) in [7, 11) is -3.70. The number of fused-ring (bicyclic) bond motifs is 1. The van der Waals surface area contributed by atoms with E-state index in [1.165, 1.54) is 10.5 Å². The first-order valence-corrected chi connectivity index (χ1v) is 7.64. The molecule has 3 heterocycles. The Labute approximate surface area is 111 Å². The molecule has 8 heteroatoms. The van der Waals surface area contributed by atoms with E-state index in [-0.39, 0.29) is 12.5 Å². The smallest absolute Gasteiger partial charge is 0.307 e. The van der Waals surface area contributed by atoms with Crippen LogP contribution < -0.4 is 0 Å². The van der Waals surface area contributed by atoms with Crippen LogP contribution in [0.25, 0.3) is 0 Å². The summed E-state index contributed by atoms with van der Waals surface area (Å²) in [5.74, 6) is 0.486. The van der Waals surface area contributed by atoms with Gasteiger partial charge in [0.15, 0.2) is 5.89 Å². The molecule has 19 heavy (non-hydrogen) atoms. The van der Waals surface area contributed by atoms with Gasteiger partial charge in [-0.05, 0) is 12.8 Å². The lowest BCUT2D eigenvalue weighted by atomic mass is 10.0. The van der Waals surface area contributed by atoms with E-state index in [9.17, 15) is 13.2 Å². The van der Waals surface area contributed by atoms with Gasteiger partial charge in [0.2, 0.25) is 0 Å². The van der Waals surface area contributed by atoms with Crippen LogP contribution in [0.5, 0.6) is 0 Å². The maximum Gasteiger partial charge on any atom is 0.307 e. The Bertz CT molecular complexity index is 609. The summed E-state index contributed by atoms with van der Waals surface area (Å²) >= 11 is 0. The third-order valence-electron chi connectivity index (χ3n) is 3.53. The molecule has 0 spiro atoms. The lowest BCUT2D eigenvalue weighted by molar-refractivity contribution is -0.129. The normalized spacial score (nSPS) is 26.7. The van der Waals surface area contributed by atoms with Crippen LogP contribution in [0, 0.1) is 6.92 Å². The molecule has 0 saturated carbocycles. The van der Waals surface area contributed by atoms with Crippen molar-refractivity contribution in [3.8, 4) is 0 Å². The summed E-state index contributed by atoms with van der Waals surface area (Å²) in [5.41, 5.74) is 0. The number of carbonyl (C=O) groups excluding carboxylic acids is 1. The minimum absolute atomic E-state index is 0.0744. The highest BCUT2D eigenvalue weighted by Crippen LogP contribution is 2.32. The van der Waals surface area contributed by atoms with Crippen LogP contribution in [0.1, 0.15) is 30.9 Å². The van der Waals surface area contributed by atoms with Crippen molar-refractivity contribution in [2.75, 3.05) is 6.54 Å². The van der Waals surface area contributed by atoms with Crippen molar-refractivity contribution < 1.29 is 17.6 Å². The number of oxazole rings is 1. The highest BCUT2D eigenvalue weighted by atomic mass is 32.2. The van der Waals surface area contributed by atoms with Crippen molar-refractivity contribution >= 4 is 16.1 Å². The van der Waals surface area contributed by atoms with E-state index in [0.29, 0.717) is 24.6 Å². The maximum absolute atomic E-state index is 12.3. The highest BCUT2D eigenvalue weighted by molar-refractivity contribution is 7.87. The van der Waals surface area contributed by atoms with E-state index in [0.717, 1.165) is 17.1 Å². The van der Waals surface area contributed by atoms with Crippen molar-refractivity contribution in [2.45, 2.75) is 38.8 Å². The topological polar surface area (TPSA) is 83.7 Å². The van der Waals surface area contributed by atoms with Crippen LogP contribution in [0.3, 0.4) is 0 Å². The first kappa shape index (κ1) is 12.6. The van der Waals surface area contributed by atoms with Gasteiger partial charge in [-0.3, -0.25) is 4.79 Å². The first-order chi connectivity index (χ1) is 9.00. The summed E-state index contributed by atoms with van der Waals surface area (Å²) in [5, 5.41) is 0. The second-order valence-corrected chi connectivity index (χ2v) is 6.63. The molecule has 0 N–H and O–H groups in total. The minimum atomic E-state index is -3.70. The zero-order valence-corrected chi connectivity index (χ0v) is 11.4. The molecular formula is C11H15N3O4S. The van der Waals surface area contributed by atoms with Gasteiger partial charge in [0.05, 0.1) is 12.7 Å². The number of aryl methyl sites for hydroxylation is 1. The van der Waals surface area contributed by atoms with Crippen molar-refractivity contribution in [2.24, 2.45) is 0 Å². The van der Waals surface area contributed by atoms with Crippen LogP contribution in [0.2, 0.25) is 0 Å². The van der Waals surface area contributed by atoms with E-state index >= 15 is 0 Å². The summed E-state index contributed by atoms with van der Waals surface area (Å²) in [4.78, 5) is 16.1. The van der Waals surface area contributed by atoms with Gasteiger partial charge >= 0.3 is 10.2 Å². The Morgan fingerprint density at radius 2 is 2.26 bits per heavy atom. The molecule has 1 aromatic heterocycles. The first-order valence-electron chi connectivity index (χ1n) is 6.25. The number of nitrogens with zero attached hydrogens (tertiary/aromatic N) is 3. The molecule has 1 unspecified atom stereocenters. The predicted molar refractivity (Wildman–Crippen MR) is 65.1 cm³/mol. The van der Waals surface area contributed by atoms with Gasteiger partial charge in [-0.1, -0.05) is 6.42 Å². The third-order valence-corrected chi connectivity index (χ3v) is 5.42. The van der Waals surface area contributed by atoms with E-state index < -0.39 is 16.3 Å². The quantitative estimate of drug-likeness (QED) is 0.786. The molecule has 104 valence electrons. The Hall–Kier alpha value is -1.41. The number of piperidine rings is 1. The molecule has 0 aliphatic carbocycles. The standard InChI is InChI=1S/C11H15N3O4S/c1-8-12-6-9(18-8)7-14-11(15)10-4-2-3-5-13(10)19(14,16)17/h6,10H,2-5,7H2,1H3. The zero-order valence-electron chi connectivity index (χ0n) is 10.6. The van der Waals surface area contributed by atoms with Crippen molar-refractivity contribution in [3.05, 3.63) is 17.8 Å². The molecule has 2 aliphatic heterocycles. The summed E-state index contributed by atoms with van der Waals surface area (Å²) in [6.07, 6.45) is 3.75. The number of hydrogen-bond donors (Lipinski definition) is 0. The van der Waals surface area contributed by atoms with Crippen molar-refractivity contribution in [1.82, 2.24) is 13.6 Å². The van der Waals surface area contributed by atoms with E-state index in [4.69, 9.17) is 4.42 Å². The van der Waals surface area contributed by atoms with Gasteiger partial charge < -0.3 is 4.42 Å². The van der Waals surface area contributed by atoms with Crippen molar-refractivity contribution in [3.63, 3.8) is 0 Å². The van der Waals surface area contributed by atoms with Crippen LogP contribution >= 0.6 is 0 Å². The summed E-state index contributed by atoms with van der Waals surface area (Å²) in [6.45, 7) is 2.02. The number of rotatable bonds is 2. The van der Waals surface area contributed by atoms with Gasteiger partial charge in [-0.2, -0.15) is 12.7 Å². The van der Waals surface area contributed by atoms with Crippen LogP contribution in [0.15, 0.2) is 10.6 Å². The average molecular weight is 285 g/mol. The Balaban J connectivity index is 1.90. The predicted octanol–water partition coefficient (Wildman–Crippen LogP) is 0.425. The number of amides is 1. The molecule has 2 aliphatic rings. The largest absolute Gasteiger partial charge is 0.444 e. The molecule has 0 aromatic carbocycles. The molecule has 2 saturated heterocycles. The molecule has 1 aromatic rings. The van der Waals surface area contributed by atoms with Gasteiger partial charge in [-0.15, -0.1) is 0 Å². The lowest BCUT2D eigenvalue weighted by Crippen LogP contribution is -2.39. The fourth-order valence-corrected chi connectivity index (χ4v) is 4.38. The Morgan fingerprint density at radius 1 is 1.47 bits per heavy atom. The van der Waals surface area contributed by atoms with Crippen LogP contribution in [0.4, 0.5) is 0 Å². The minimum Gasteiger partial charge on any atom is -0.444 e. The molecule has 0 bridgehead atoms. The zero-order chi connectivity index (χ0) is 13.6. The molecule has 1 amide bonds. The number of carbonyl (C=O) groups is 1. The summed E-state index contributed by atoms with van der Waals surface area (Å²) in [6, 6.07) is -0.525. The van der Waals surface area contributed by atoms with Crippen LogP contribution in [-0.4, -0.2) is 40.5 Å². The fourth-order valence-electron chi connectivity index (χ4n) is 2.61. The molecule has 7 nitrogen and oxygen atoms in total. The van der Waals surface area contributed by atoms with Crippen molar-refractivity contribution in [1.29, 1.82) is 0 Å². The van der Waals surface area contributed by atoms with Gasteiger partial charge in [0, 0.05) is 13.5 Å². The molecule has 0 radical (unpaired) electrons. The van der Waals surface area contributed by atoms with Gasteiger partial charge in [0.1, 0.15) is 11.8 Å². The van der Waals surface area contributed by atoms with Crippen LogP contribution in [-0.2, 0) is 21.5 Å². The maximum atomic E-state index is 12.3. The summed E-state index contributed by atoms with van der Waals surface area (Å²) < 4.78 is 32.1. The molecule has 1 atom stereocenters. The van der Waals surface area contributed by atoms with E-state index in [1.807, 2.05) is 0 Å². The number of hydrogen-bond acceptors (Lipinski definition) is 5. The monoisotopic (exact) mass is 285 g/mol. The highest BCUT2D eigenvalue weighted by Gasteiger charge is 2.51. The Kier molecular flexibility index (Phi) is 2.86. The fraction of sp³-hybridized carbons (Fsp3) is 0.636. The van der Waals surface area contributed by atoms with E-state index in [1.54, 1.807) is 6.92 Å². The third kappa shape index (κ3) is 1.95. The van der Waals surface area contributed by atoms with Gasteiger partial charge in [0.25, 0.3) is 5.91 Å². The molecule has 2 fully saturated rings. The second kappa shape index (κ2) is 4.31. The molecule has 3 rings (SSSR count). The molecular weight excluding hydrogens is 270 g/mol. The lowest BCUT2D eigenvalue weighted by Gasteiger charge is -2.24.